The number of hydrogen-bond acceptors (Lipinski definition) is 2. The molecule has 1 rings (SSSR count). The van der Waals surface area contributed by atoms with Gasteiger partial charge in [-0.05, 0) is 24.3 Å². The Bertz CT molecular complexity index is 206. The zero-order valence-electron chi connectivity index (χ0n) is 10.3. The number of rotatable bonds is 2. The van der Waals surface area contributed by atoms with Gasteiger partial charge in [-0.15, -0.1) is 0 Å². The maximum Gasteiger partial charge on any atom is 0.243 e. The Hall–Kier alpha value is -0.830. The second-order valence-electron chi connectivity index (χ2n) is 3.71. The number of allylic oxidation sites excluding steroid dienone is 1. The first kappa shape index (κ1) is 14.2. The van der Waals surface area contributed by atoms with E-state index in [4.69, 9.17) is 4.74 Å². The lowest BCUT2D eigenvalue weighted by Gasteiger charge is -2.30. The third kappa shape index (κ3) is 5.57. The highest BCUT2D eigenvalue weighted by molar-refractivity contribution is 5.87. The van der Waals surface area contributed by atoms with Gasteiger partial charge in [-0.25, -0.2) is 0 Å². The van der Waals surface area contributed by atoms with Gasteiger partial charge in [-0.1, -0.05) is 26.8 Å². The highest BCUT2D eigenvalue weighted by atomic mass is 16.5. The van der Waals surface area contributed by atoms with Crippen molar-refractivity contribution in [2.75, 3.05) is 20.3 Å². The predicted octanol–water partition coefficient (Wildman–Crippen LogP) is 2.13. The normalized spacial score (nSPS) is 19.2. The second kappa shape index (κ2) is 7.46. The van der Waals surface area contributed by atoms with Crippen LogP contribution in [0.1, 0.15) is 33.6 Å². The lowest BCUT2D eigenvalue weighted by molar-refractivity contribution is -0.116. The summed E-state index contributed by atoms with van der Waals surface area (Å²) >= 11 is 0. The van der Waals surface area contributed by atoms with Crippen molar-refractivity contribution >= 4 is 5.91 Å². The van der Waals surface area contributed by atoms with Gasteiger partial charge < -0.3 is 10.1 Å². The van der Waals surface area contributed by atoms with Gasteiger partial charge in [-0.3, -0.25) is 4.79 Å². The van der Waals surface area contributed by atoms with Crippen LogP contribution in [0.2, 0.25) is 0 Å². The molecule has 0 saturated carbocycles. The average Bonchev–Trinajstić information content (AvgIpc) is 2.30. The molecule has 1 aliphatic heterocycles. The molecule has 1 fully saturated rings. The number of ether oxygens (including phenoxy) is 1. The molecule has 1 amide bonds. The molecule has 0 aromatic rings. The van der Waals surface area contributed by atoms with Crippen LogP contribution in [0.3, 0.4) is 0 Å². The van der Waals surface area contributed by atoms with E-state index in [-0.39, 0.29) is 11.3 Å². The highest BCUT2D eigenvalue weighted by Gasteiger charge is 2.24. The topological polar surface area (TPSA) is 38.3 Å². The number of nitrogens with one attached hydrogen (secondary N) is 1. The molecule has 0 unspecified atom stereocenters. The van der Waals surface area contributed by atoms with Crippen molar-refractivity contribution in [1.82, 2.24) is 5.32 Å². The third-order valence-electron chi connectivity index (χ3n) is 2.52. The molecule has 1 heterocycles. The molecule has 0 spiro atoms. The summed E-state index contributed by atoms with van der Waals surface area (Å²) in [6, 6.07) is 0. The minimum Gasteiger partial charge on any atom is -0.381 e. The number of hydrogen-bond donors (Lipinski definition) is 1. The van der Waals surface area contributed by atoms with Crippen LogP contribution < -0.4 is 5.32 Å². The highest BCUT2D eigenvalue weighted by Crippen LogP contribution is 2.30. The fourth-order valence-corrected chi connectivity index (χ4v) is 1.36. The zero-order chi connectivity index (χ0) is 11.7. The molecular weight excluding hydrogens is 190 g/mol. The molecule has 0 atom stereocenters. The molecule has 0 aromatic heterocycles. The summed E-state index contributed by atoms with van der Waals surface area (Å²) in [7, 11) is 1.64. The lowest BCUT2D eigenvalue weighted by atomic mass is 9.82. The van der Waals surface area contributed by atoms with E-state index in [1.807, 2.05) is 19.9 Å². The van der Waals surface area contributed by atoms with Crippen LogP contribution in [0.25, 0.3) is 0 Å². The molecule has 15 heavy (non-hydrogen) atoms. The monoisotopic (exact) mass is 213 g/mol. The van der Waals surface area contributed by atoms with E-state index in [1.54, 1.807) is 13.1 Å². The minimum absolute atomic E-state index is 0.0345. The van der Waals surface area contributed by atoms with Crippen LogP contribution in [0.4, 0.5) is 0 Å². The zero-order valence-corrected chi connectivity index (χ0v) is 10.3. The van der Waals surface area contributed by atoms with Gasteiger partial charge in [0.2, 0.25) is 5.91 Å². The summed E-state index contributed by atoms with van der Waals surface area (Å²) in [5, 5.41) is 2.56. The van der Waals surface area contributed by atoms with Crippen molar-refractivity contribution in [3.8, 4) is 0 Å². The average molecular weight is 213 g/mol. The molecule has 88 valence electrons. The van der Waals surface area contributed by atoms with Crippen molar-refractivity contribution < 1.29 is 9.53 Å². The van der Waals surface area contributed by atoms with Crippen LogP contribution in [0, 0.1) is 5.41 Å². The Morgan fingerprint density at radius 1 is 1.33 bits per heavy atom. The fourth-order valence-electron chi connectivity index (χ4n) is 1.36. The van der Waals surface area contributed by atoms with E-state index >= 15 is 0 Å². The summed E-state index contributed by atoms with van der Waals surface area (Å²) < 4.78 is 5.26. The summed E-state index contributed by atoms with van der Waals surface area (Å²) in [5.74, 6) is -0.0345. The van der Waals surface area contributed by atoms with Crippen LogP contribution in [0.5, 0.6) is 0 Å². The molecule has 0 aliphatic carbocycles. The van der Waals surface area contributed by atoms with Gasteiger partial charge in [0.15, 0.2) is 0 Å². The molecule has 0 radical (unpaired) electrons. The predicted molar refractivity (Wildman–Crippen MR) is 62.7 cm³/mol. The van der Waals surface area contributed by atoms with Crippen LogP contribution in [-0.2, 0) is 9.53 Å². The molecule has 1 N–H and O–H groups in total. The van der Waals surface area contributed by atoms with Crippen LogP contribution >= 0.6 is 0 Å². The SMILES string of the molecule is CC.CNC(=O)/C=C/C1(C)CCOCC1. The Morgan fingerprint density at radius 2 is 1.87 bits per heavy atom. The largest absolute Gasteiger partial charge is 0.381 e. The Labute approximate surface area is 92.9 Å². The Balaban J connectivity index is 0.000000921. The van der Waals surface area contributed by atoms with Gasteiger partial charge in [0.1, 0.15) is 0 Å². The maximum atomic E-state index is 11.0. The second-order valence-corrected chi connectivity index (χ2v) is 3.71. The van der Waals surface area contributed by atoms with Crippen molar-refractivity contribution in [3.05, 3.63) is 12.2 Å². The molecule has 1 saturated heterocycles. The van der Waals surface area contributed by atoms with Crippen LogP contribution in [-0.4, -0.2) is 26.2 Å². The molecule has 3 nitrogen and oxygen atoms in total. The summed E-state index contributed by atoms with van der Waals surface area (Å²) in [4.78, 5) is 11.0. The molecule has 3 heteroatoms. The first-order valence-corrected chi connectivity index (χ1v) is 5.65. The van der Waals surface area contributed by atoms with Crippen molar-refractivity contribution in [3.63, 3.8) is 0 Å². The maximum absolute atomic E-state index is 11.0. The smallest absolute Gasteiger partial charge is 0.243 e. The Kier molecular flexibility index (Phi) is 7.05. The Morgan fingerprint density at radius 3 is 2.33 bits per heavy atom. The number of carbonyl (C=O) groups excluding carboxylic acids is 1. The van der Waals surface area contributed by atoms with E-state index in [9.17, 15) is 4.79 Å². The van der Waals surface area contributed by atoms with Crippen molar-refractivity contribution in [2.24, 2.45) is 5.41 Å². The van der Waals surface area contributed by atoms with Gasteiger partial charge in [0.05, 0.1) is 0 Å². The number of likely N-dealkylation sites (N-methyl/N-ethyl adjacent to an activating group) is 1. The number of amides is 1. The van der Waals surface area contributed by atoms with E-state index < -0.39 is 0 Å². The third-order valence-corrected chi connectivity index (χ3v) is 2.52. The minimum atomic E-state index is -0.0345. The van der Waals surface area contributed by atoms with E-state index in [0.29, 0.717) is 0 Å². The summed E-state index contributed by atoms with van der Waals surface area (Å²) in [6.45, 7) is 7.76. The van der Waals surface area contributed by atoms with Crippen LogP contribution in [0.15, 0.2) is 12.2 Å². The summed E-state index contributed by atoms with van der Waals surface area (Å²) in [6.07, 6.45) is 5.61. The van der Waals surface area contributed by atoms with Gasteiger partial charge in [0, 0.05) is 20.3 Å². The first-order chi connectivity index (χ1) is 7.16. The molecule has 0 bridgehead atoms. The molecular formula is C12H23NO2. The molecule has 0 aromatic carbocycles. The van der Waals surface area contributed by atoms with Gasteiger partial charge in [-0.2, -0.15) is 0 Å². The lowest BCUT2D eigenvalue weighted by Crippen LogP contribution is -2.25. The van der Waals surface area contributed by atoms with Crippen molar-refractivity contribution in [2.45, 2.75) is 33.6 Å². The fraction of sp³-hybridized carbons (Fsp3) is 0.750. The van der Waals surface area contributed by atoms with Crippen molar-refractivity contribution in [1.29, 1.82) is 0 Å². The van der Waals surface area contributed by atoms with Gasteiger partial charge >= 0.3 is 0 Å². The van der Waals surface area contributed by atoms with E-state index in [0.717, 1.165) is 26.1 Å². The van der Waals surface area contributed by atoms with Gasteiger partial charge in [0.25, 0.3) is 0 Å². The molecule has 1 aliphatic rings. The van der Waals surface area contributed by atoms with E-state index in [2.05, 4.69) is 12.2 Å². The standard InChI is InChI=1S/C10H17NO2.C2H6/c1-10(4-3-9(12)11-2)5-7-13-8-6-10;1-2/h3-4H,5-8H2,1-2H3,(H,11,12);1-2H3/b4-3+;. The van der Waals surface area contributed by atoms with E-state index in [1.165, 1.54) is 0 Å². The quantitative estimate of drug-likeness (QED) is 0.714. The number of carbonyl (C=O) groups is 1. The first-order valence-electron chi connectivity index (χ1n) is 5.65. The summed E-state index contributed by atoms with van der Waals surface area (Å²) in [5.41, 5.74) is 0.144.